The lowest BCUT2D eigenvalue weighted by atomic mass is 10.1. The molecule has 19 heavy (non-hydrogen) atoms. The van der Waals surface area contributed by atoms with E-state index < -0.39 is 0 Å². The molecular weight excluding hydrogens is 242 g/mol. The highest BCUT2D eigenvalue weighted by Gasteiger charge is 2.01. The Morgan fingerprint density at radius 2 is 1.95 bits per heavy atom. The largest absolute Gasteiger partial charge is 0.437 e. The number of ether oxygens (including phenoxy) is 2. The van der Waals surface area contributed by atoms with Crippen LogP contribution < -0.4 is 10.1 Å². The van der Waals surface area contributed by atoms with Crippen LogP contribution in [0.4, 0.5) is 5.82 Å². The second-order valence-electron chi connectivity index (χ2n) is 3.98. The summed E-state index contributed by atoms with van der Waals surface area (Å²) in [6.45, 7) is 0.718. The molecule has 0 fully saturated rings. The Kier molecular flexibility index (Phi) is 4.69. The monoisotopic (exact) mass is 259 g/mol. The van der Waals surface area contributed by atoms with Crippen LogP contribution in [0.3, 0.4) is 0 Å². The van der Waals surface area contributed by atoms with E-state index in [-0.39, 0.29) is 0 Å². The van der Waals surface area contributed by atoms with Gasteiger partial charge in [-0.25, -0.2) is 0 Å². The molecule has 0 spiro atoms. The van der Waals surface area contributed by atoms with Crippen LogP contribution in [0.5, 0.6) is 11.6 Å². The summed E-state index contributed by atoms with van der Waals surface area (Å²) in [4.78, 5) is 8.29. The van der Waals surface area contributed by atoms with Crippen molar-refractivity contribution in [1.82, 2.24) is 9.97 Å². The van der Waals surface area contributed by atoms with Crippen molar-refractivity contribution in [3.05, 3.63) is 42.2 Å². The normalized spacial score (nSPS) is 10.2. The van der Waals surface area contributed by atoms with Gasteiger partial charge in [0.2, 0.25) is 5.88 Å². The van der Waals surface area contributed by atoms with Gasteiger partial charge in [0.1, 0.15) is 11.6 Å². The fourth-order valence-electron chi connectivity index (χ4n) is 1.58. The Labute approximate surface area is 112 Å². The molecule has 0 saturated carbocycles. The zero-order valence-corrected chi connectivity index (χ0v) is 11.1. The summed E-state index contributed by atoms with van der Waals surface area (Å²) in [6, 6.07) is 7.87. The maximum Gasteiger partial charge on any atom is 0.239 e. The van der Waals surface area contributed by atoms with Gasteiger partial charge in [0.15, 0.2) is 0 Å². The number of hydrogen-bond donors (Lipinski definition) is 1. The maximum atomic E-state index is 5.64. The molecule has 0 bridgehead atoms. The van der Waals surface area contributed by atoms with Crippen molar-refractivity contribution < 1.29 is 9.47 Å². The van der Waals surface area contributed by atoms with Gasteiger partial charge >= 0.3 is 0 Å². The molecule has 5 nitrogen and oxygen atoms in total. The third-order valence-electron chi connectivity index (χ3n) is 2.61. The third-order valence-corrected chi connectivity index (χ3v) is 2.61. The predicted octanol–water partition coefficient (Wildman–Crippen LogP) is 2.50. The minimum Gasteiger partial charge on any atom is -0.437 e. The minimum absolute atomic E-state index is 0.469. The number of nitrogens with one attached hydrogen (secondary N) is 1. The fourth-order valence-corrected chi connectivity index (χ4v) is 1.58. The van der Waals surface area contributed by atoms with E-state index in [4.69, 9.17) is 9.47 Å². The van der Waals surface area contributed by atoms with Gasteiger partial charge in [0, 0.05) is 14.2 Å². The smallest absolute Gasteiger partial charge is 0.239 e. The van der Waals surface area contributed by atoms with Gasteiger partial charge < -0.3 is 14.8 Å². The van der Waals surface area contributed by atoms with Crippen LogP contribution in [0.1, 0.15) is 5.56 Å². The highest BCUT2D eigenvalue weighted by atomic mass is 16.5. The molecule has 1 aromatic heterocycles. The Balaban J connectivity index is 2.02. The summed E-state index contributed by atoms with van der Waals surface area (Å²) in [7, 11) is 3.49. The molecule has 2 aromatic rings. The van der Waals surface area contributed by atoms with E-state index in [1.165, 1.54) is 5.56 Å². The average Bonchev–Trinajstić information content (AvgIpc) is 2.47. The van der Waals surface area contributed by atoms with Gasteiger partial charge in [-0.2, -0.15) is 4.98 Å². The third kappa shape index (κ3) is 3.93. The van der Waals surface area contributed by atoms with E-state index in [0.29, 0.717) is 11.7 Å². The molecule has 0 amide bonds. The van der Waals surface area contributed by atoms with Gasteiger partial charge in [-0.3, -0.25) is 4.98 Å². The summed E-state index contributed by atoms with van der Waals surface area (Å²) < 4.78 is 10.7. The van der Waals surface area contributed by atoms with Crippen LogP contribution >= 0.6 is 0 Å². The average molecular weight is 259 g/mol. The first kappa shape index (κ1) is 13.3. The van der Waals surface area contributed by atoms with E-state index in [2.05, 4.69) is 15.3 Å². The molecule has 1 aromatic carbocycles. The molecule has 0 aliphatic heterocycles. The van der Waals surface area contributed by atoms with Crippen LogP contribution in [0.2, 0.25) is 0 Å². The molecule has 1 N–H and O–H groups in total. The lowest BCUT2D eigenvalue weighted by Gasteiger charge is -2.06. The molecule has 0 aliphatic rings. The lowest BCUT2D eigenvalue weighted by Crippen LogP contribution is -1.96. The lowest BCUT2D eigenvalue weighted by molar-refractivity contribution is 0.202. The van der Waals surface area contributed by atoms with E-state index in [9.17, 15) is 0 Å². The highest BCUT2D eigenvalue weighted by Crippen LogP contribution is 2.20. The van der Waals surface area contributed by atoms with Gasteiger partial charge in [-0.05, 0) is 24.1 Å². The van der Waals surface area contributed by atoms with Crippen molar-refractivity contribution in [2.24, 2.45) is 0 Å². The van der Waals surface area contributed by atoms with Crippen LogP contribution in [0.15, 0.2) is 36.7 Å². The Bertz CT molecular complexity index is 514. The Hall–Kier alpha value is -2.14. The van der Waals surface area contributed by atoms with Gasteiger partial charge in [0.05, 0.1) is 19.0 Å². The zero-order chi connectivity index (χ0) is 13.5. The number of methoxy groups -OCH3 is 1. The number of benzene rings is 1. The molecule has 0 radical (unpaired) electrons. The molecule has 1 heterocycles. The standard InChI is InChI=1S/C14H17N3O2/c1-15-13-9-16-10-14(17-13)19-12-5-3-11(4-6-12)7-8-18-2/h3-6,9-10H,7-8H2,1-2H3,(H,15,17). The molecule has 0 saturated heterocycles. The van der Waals surface area contributed by atoms with Gasteiger partial charge in [0.25, 0.3) is 0 Å². The first-order chi connectivity index (χ1) is 9.31. The number of anilines is 1. The topological polar surface area (TPSA) is 56.3 Å². The molecule has 0 atom stereocenters. The molecule has 0 unspecified atom stereocenters. The first-order valence-corrected chi connectivity index (χ1v) is 6.07. The van der Waals surface area contributed by atoms with Crippen molar-refractivity contribution in [1.29, 1.82) is 0 Å². The van der Waals surface area contributed by atoms with Crippen LogP contribution in [-0.4, -0.2) is 30.7 Å². The molecule has 0 aliphatic carbocycles. The summed E-state index contributed by atoms with van der Waals surface area (Å²) in [5.74, 6) is 1.88. The van der Waals surface area contributed by atoms with Crippen molar-refractivity contribution in [2.45, 2.75) is 6.42 Å². The SMILES string of the molecule is CNc1cncc(Oc2ccc(CCOC)cc2)n1. The van der Waals surface area contributed by atoms with E-state index in [1.54, 1.807) is 26.6 Å². The summed E-state index contributed by atoms with van der Waals surface area (Å²) in [5, 5.41) is 2.92. The predicted molar refractivity (Wildman–Crippen MR) is 73.7 cm³/mol. The Morgan fingerprint density at radius 1 is 1.16 bits per heavy atom. The summed E-state index contributed by atoms with van der Waals surface area (Å²) in [6.07, 6.45) is 4.12. The van der Waals surface area contributed by atoms with Crippen LogP contribution in [-0.2, 0) is 11.2 Å². The van der Waals surface area contributed by atoms with Gasteiger partial charge in [-0.15, -0.1) is 0 Å². The molecular formula is C14H17N3O2. The van der Waals surface area contributed by atoms with Crippen LogP contribution in [0, 0.1) is 0 Å². The minimum atomic E-state index is 0.469. The maximum absolute atomic E-state index is 5.64. The molecule has 2 rings (SSSR count). The van der Waals surface area contributed by atoms with Crippen molar-refractivity contribution in [2.75, 3.05) is 26.1 Å². The number of aromatic nitrogens is 2. The molecule has 5 heteroatoms. The number of nitrogens with zero attached hydrogens (tertiary/aromatic N) is 2. The number of rotatable bonds is 6. The first-order valence-electron chi connectivity index (χ1n) is 6.07. The zero-order valence-electron chi connectivity index (χ0n) is 11.1. The number of hydrogen-bond acceptors (Lipinski definition) is 5. The van der Waals surface area contributed by atoms with Gasteiger partial charge in [-0.1, -0.05) is 12.1 Å². The quantitative estimate of drug-likeness (QED) is 0.863. The highest BCUT2D eigenvalue weighted by molar-refractivity contribution is 5.35. The summed E-state index contributed by atoms with van der Waals surface area (Å²) >= 11 is 0. The Morgan fingerprint density at radius 3 is 2.63 bits per heavy atom. The van der Waals surface area contributed by atoms with Crippen molar-refractivity contribution in [3.8, 4) is 11.6 Å². The van der Waals surface area contributed by atoms with Crippen molar-refractivity contribution >= 4 is 5.82 Å². The van der Waals surface area contributed by atoms with E-state index >= 15 is 0 Å². The van der Waals surface area contributed by atoms with E-state index in [0.717, 1.165) is 18.8 Å². The second kappa shape index (κ2) is 6.70. The molecule has 100 valence electrons. The van der Waals surface area contributed by atoms with Crippen molar-refractivity contribution in [3.63, 3.8) is 0 Å². The van der Waals surface area contributed by atoms with E-state index in [1.807, 2.05) is 24.3 Å². The second-order valence-corrected chi connectivity index (χ2v) is 3.98. The summed E-state index contributed by atoms with van der Waals surface area (Å²) in [5.41, 5.74) is 1.21. The van der Waals surface area contributed by atoms with Crippen LogP contribution in [0.25, 0.3) is 0 Å². The fraction of sp³-hybridized carbons (Fsp3) is 0.286.